The Morgan fingerprint density at radius 3 is 2.38 bits per heavy atom. The van der Waals surface area contributed by atoms with Gasteiger partial charge in [0.15, 0.2) is 0 Å². The summed E-state index contributed by atoms with van der Waals surface area (Å²) in [5.74, 6) is -0.868. The molecule has 37 heavy (non-hydrogen) atoms. The van der Waals surface area contributed by atoms with Crippen LogP contribution in [-0.2, 0) is 11.0 Å². The molecule has 0 spiro atoms. The van der Waals surface area contributed by atoms with Crippen molar-refractivity contribution in [3.8, 4) is 5.75 Å². The molecule has 0 saturated carbocycles. The summed E-state index contributed by atoms with van der Waals surface area (Å²) in [6, 6.07) is 15.5. The highest BCUT2D eigenvalue weighted by Gasteiger charge is 2.41. The number of carbonyl (C=O) groups excluding carboxylic acids is 1. The lowest BCUT2D eigenvalue weighted by Gasteiger charge is -2.41. The summed E-state index contributed by atoms with van der Waals surface area (Å²) >= 11 is 0. The zero-order chi connectivity index (χ0) is 26.5. The van der Waals surface area contributed by atoms with E-state index in [4.69, 9.17) is 4.74 Å². The van der Waals surface area contributed by atoms with Gasteiger partial charge in [0.1, 0.15) is 18.2 Å². The third kappa shape index (κ3) is 6.28. The molecule has 9 heteroatoms. The van der Waals surface area contributed by atoms with Crippen LogP contribution in [0, 0.1) is 11.2 Å². The highest BCUT2D eigenvalue weighted by Crippen LogP contribution is 2.38. The molecule has 1 fully saturated rings. The van der Waals surface area contributed by atoms with Crippen molar-refractivity contribution < 1.29 is 27.1 Å². The molecule has 4 rings (SSSR count). The average Bonchev–Trinajstić information content (AvgIpc) is 2.89. The number of alkyl halides is 3. The number of halogens is 4. The van der Waals surface area contributed by atoms with Crippen molar-refractivity contribution in [3.05, 3.63) is 95.6 Å². The zero-order valence-electron chi connectivity index (χ0n) is 20.5. The van der Waals surface area contributed by atoms with Gasteiger partial charge in [0.25, 0.3) is 0 Å². The summed E-state index contributed by atoms with van der Waals surface area (Å²) in [5, 5.41) is 3.26. The second kappa shape index (κ2) is 11.3. The SMILES string of the molecule is CC1(C(=O)N(CCOc2ccccc2C(F)(F)F)[C@H](c2ccc(F)cc2)c2ccccn2)CCNCC1. The summed E-state index contributed by atoms with van der Waals surface area (Å²) in [7, 11) is 0. The first kappa shape index (κ1) is 26.6. The number of ether oxygens (including phenoxy) is 1. The maximum atomic E-state index is 14.1. The fourth-order valence-electron chi connectivity index (χ4n) is 4.66. The number of carbonyl (C=O) groups is 1. The molecular formula is C28H29F4N3O2. The van der Waals surface area contributed by atoms with Crippen molar-refractivity contribution in [1.82, 2.24) is 15.2 Å². The lowest BCUT2D eigenvalue weighted by atomic mass is 9.79. The molecule has 1 atom stereocenters. The standard InChI is InChI=1S/C28H29F4N3O2/c1-27(13-16-33-17-14-27)26(36)35(18-19-37-24-8-3-2-6-22(24)28(30,31)32)25(23-7-4-5-15-34-23)20-9-11-21(29)12-10-20/h2-12,15,25,33H,13-14,16-19H2,1H3/t25-/m1/s1. The molecule has 1 aliphatic rings. The van der Waals surface area contributed by atoms with E-state index in [1.165, 1.54) is 30.3 Å². The van der Waals surface area contributed by atoms with Crippen LogP contribution in [0.25, 0.3) is 0 Å². The number of benzene rings is 2. The Morgan fingerprint density at radius 1 is 1.05 bits per heavy atom. The molecule has 1 aromatic heterocycles. The fraction of sp³-hybridized carbons (Fsp3) is 0.357. The molecule has 2 heterocycles. The predicted octanol–water partition coefficient (Wildman–Crippen LogP) is 5.63. The monoisotopic (exact) mass is 515 g/mol. The van der Waals surface area contributed by atoms with Crippen molar-refractivity contribution in [3.63, 3.8) is 0 Å². The molecule has 3 aromatic rings. The average molecular weight is 516 g/mol. The van der Waals surface area contributed by atoms with Crippen LogP contribution in [0.15, 0.2) is 72.9 Å². The van der Waals surface area contributed by atoms with Gasteiger partial charge in [-0.2, -0.15) is 13.2 Å². The second-order valence-electron chi connectivity index (χ2n) is 9.36. The molecule has 1 N–H and O–H groups in total. The maximum absolute atomic E-state index is 14.1. The summed E-state index contributed by atoms with van der Waals surface area (Å²) in [4.78, 5) is 20.2. The minimum Gasteiger partial charge on any atom is -0.491 e. The van der Waals surface area contributed by atoms with Crippen molar-refractivity contribution in [2.24, 2.45) is 5.41 Å². The molecular weight excluding hydrogens is 486 g/mol. The van der Waals surface area contributed by atoms with Gasteiger partial charge >= 0.3 is 6.18 Å². The van der Waals surface area contributed by atoms with Crippen LogP contribution in [0.3, 0.4) is 0 Å². The first-order chi connectivity index (χ1) is 17.7. The smallest absolute Gasteiger partial charge is 0.419 e. The fourth-order valence-corrected chi connectivity index (χ4v) is 4.66. The maximum Gasteiger partial charge on any atom is 0.419 e. The number of rotatable bonds is 8. The zero-order valence-corrected chi connectivity index (χ0v) is 20.5. The van der Waals surface area contributed by atoms with Gasteiger partial charge in [-0.25, -0.2) is 4.39 Å². The van der Waals surface area contributed by atoms with Crippen molar-refractivity contribution >= 4 is 5.91 Å². The van der Waals surface area contributed by atoms with Gasteiger partial charge in [0, 0.05) is 11.6 Å². The van der Waals surface area contributed by atoms with Crippen LogP contribution in [-0.4, -0.2) is 42.0 Å². The van der Waals surface area contributed by atoms with Gasteiger partial charge in [-0.15, -0.1) is 0 Å². The van der Waals surface area contributed by atoms with Gasteiger partial charge in [-0.05, 0) is 67.9 Å². The van der Waals surface area contributed by atoms with Gasteiger partial charge in [-0.3, -0.25) is 9.78 Å². The minimum absolute atomic E-state index is 0.00661. The molecule has 1 saturated heterocycles. The number of pyridine rings is 1. The largest absolute Gasteiger partial charge is 0.491 e. The number of nitrogens with one attached hydrogen (secondary N) is 1. The number of hydrogen-bond acceptors (Lipinski definition) is 4. The topological polar surface area (TPSA) is 54.5 Å². The van der Waals surface area contributed by atoms with E-state index in [9.17, 15) is 22.4 Å². The van der Waals surface area contributed by atoms with Crippen LogP contribution < -0.4 is 10.1 Å². The van der Waals surface area contributed by atoms with Crippen LogP contribution in [0.4, 0.5) is 17.6 Å². The molecule has 0 bridgehead atoms. The molecule has 5 nitrogen and oxygen atoms in total. The quantitative estimate of drug-likeness (QED) is 0.396. The molecule has 1 amide bonds. The van der Waals surface area contributed by atoms with Crippen molar-refractivity contribution in [2.45, 2.75) is 32.0 Å². The van der Waals surface area contributed by atoms with Crippen LogP contribution >= 0.6 is 0 Å². The predicted molar refractivity (Wildman–Crippen MR) is 131 cm³/mol. The van der Waals surface area contributed by atoms with Crippen LogP contribution in [0.5, 0.6) is 5.75 Å². The number of nitrogens with zero attached hydrogens (tertiary/aromatic N) is 2. The lowest BCUT2D eigenvalue weighted by molar-refractivity contribution is -0.145. The number of para-hydroxylation sites is 1. The van der Waals surface area contributed by atoms with E-state index < -0.39 is 29.0 Å². The van der Waals surface area contributed by atoms with E-state index in [0.29, 0.717) is 37.2 Å². The molecule has 0 radical (unpaired) electrons. The van der Waals surface area contributed by atoms with Gasteiger partial charge in [0.05, 0.1) is 23.8 Å². The minimum atomic E-state index is -4.57. The van der Waals surface area contributed by atoms with Gasteiger partial charge < -0.3 is 15.0 Å². The first-order valence-electron chi connectivity index (χ1n) is 12.2. The van der Waals surface area contributed by atoms with Gasteiger partial charge in [-0.1, -0.05) is 37.3 Å². The Morgan fingerprint density at radius 2 is 1.73 bits per heavy atom. The lowest BCUT2D eigenvalue weighted by Crippen LogP contribution is -2.50. The normalized spacial score (nSPS) is 16.1. The van der Waals surface area contributed by atoms with E-state index in [-0.39, 0.29) is 24.8 Å². The summed E-state index contributed by atoms with van der Waals surface area (Å²) in [6.45, 7) is 3.10. The highest BCUT2D eigenvalue weighted by atomic mass is 19.4. The molecule has 0 aliphatic carbocycles. The summed E-state index contributed by atoms with van der Waals surface area (Å²) < 4.78 is 59.8. The van der Waals surface area contributed by atoms with E-state index in [1.807, 2.05) is 6.92 Å². The van der Waals surface area contributed by atoms with E-state index in [0.717, 1.165) is 6.07 Å². The van der Waals surface area contributed by atoms with E-state index >= 15 is 0 Å². The number of hydrogen-bond donors (Lipinski definition) is 1. The third-order valence-electron chi connectivity index (χ3n) is 6.73. The molecule has 2 aromatic carbocycles. The summed E-state index contributed by atoms with van der Waals surface area (Å²) in [6.07, 6.45) is -1.74. The number of piperidine rings is 1. The van der Waals surface area contributed by atoms with Crippen LogP contribution in [0.2, 0.25) is 0 Å². The Labute approximate surface area is 213 Å². The summed E-state index contributed by atoms with van der Waals surface area (Å²) in [5.41, 5.74) is -0.349. The highest BCUT2D eigenvalue weighted by molar-refractivity contribution is 5.83. The van der Waals surface area contributed by atoms with Crippen LogP contribution in [0.1, 0.15) is 42.6 Å². The van der Waals surface area contributed by atoms with Crippen molar-refractivity contribution in [1.29, 1.82) is 0 Å². The Hall–Kier alpha value is -3.46. The van der Waals surface area contributed by atoms with Crippen molar-refractivity contribution in [2.75, 3.05) is 26.2 Å². The van der Waals surface area contributed by atoms with Gasteiger partial charge in [0.2, 0.25) is 5.91 Å². The number of aromatic nitrogens is 1. The molecule has 196 valence electrons. The Bertz CT molecular complexity index is 1180. The molecule has 0 unspecified atom stereocenters. The third-order valence-corrected chi connectivity index (χ3v) is 6.73. The van der Waals surface area contributed by atoms with E-state index in [1.54, 1.807) is 41.4 Å². The number of amides is 1. The second-order valence-corrected chi connectivity index (χ2v) is 9.36. The molecule has 1 aliphatic heterocycles. The van der Waals surface area contributed by atoms with E-state index in [2.05, 4.69) is 10.3 Å². The Kier molecular flexibility index (Phi) is 8.12. The Balaban J connectivity index is 1.69. The first-order valence-corrected chi connectivity index (χ1v) is 12.2.